The summed E-state index contributed by atoms with van der Waals surface area (Å²) in [4.78, 5) is 10.5. The van der Waals surface area contributed by atoms with E-state index in [1.165, 1.54) is 11.1 Å². The molecule has 0 saturated heterocycles. The third-order valence-corrected chi connectivity index (χ3v) is 3.92. The summed E-state index contributed by atoms with van der Waals surface area (Å²) < 4.78 is 0. The molecule has 0 fully saturated rings. The quantitative estimate of drug-likeness (QED) is 0.453. The van der Waals surface area contributed by atoms with E-state index < -0.39 is 0 Å². The maximum Gasteiger partial charge on any atom is 0.191 e. The zero-order valence-electron chi connectivity index (χ0n) is 15.1. The molecule has 2 N–H and O–H groups in total. The van der Waals surface area contributed by atoms with Crippen LogP contribution in [0, 0.1) is 0 Å². The van der Waals surface area contributed by atoms with Gasteiger partial charge in [0, 0.05) is 32.9 Å². The van der Waals surface area contributed by atoms with Gasteiger partial charge in [0.2, 0.25) is 0 Å². The number of aliphatic imine (C=N–C) groups is 1. The Bertz CT molecular complexity index is 665. The lowest BCUT2D eigenvalue weighted by atomic mass is 10.1. The van der Waals surface area contributed by atoms with Crippen molar-refractivity contribution in [3.05, 3.63) is 64.4 Å². The first-order valence-electron chi connectivity index (χ1n) is 8.34. The van der Waals surface area contributed by atoms with Gasteiger partial charge in [-0.3, -0.25) is 4.99 Å². The van der Waals surface area contributed by atoms with Crippen molar-refractivity contribution in [3.8, 4) is 0 Å². The summed E-state index contributed by atoms with van der Waals surface area (Å²) in [6.07, 6.45) is 2.67. The van der Waals surface area contributed by atoms with Gasteiger partial charge in [0.1, 0.15) is 5.15 Å². The summed E-state index contributed by atoms with van der Waals surface area (Å²) in [6, 6.07) is 12.4. The molecule has 5 nitrogen and oxygen atoms in total. The highest BCUT2D eigenvalue weighted by atomic mass is 35.5. The van der Waals surface area contributed by atoms with Gasteiger partial charge in [-0.15, -0.1) is 0 Å². The molecule has 0 bridgehead atoms. The van der Waals surface area contributed by atoms with Crippen molar-refractivity contribution < 1.29 is 0 Å². The number of rotatable bonds is 7. The minimum absolute atomic E-state index is 0.519. The third-order valence-electron chi connectivity index (χ3n) is 3.70. The normalized spacial score (nSPS) is 11.6. The number of guanidine groups is 1. The Hall–Kier alpha value is -2.11. The van der Waals surface area contributed by atoms with Gasteiger partial charge in [0.25, 0.3) is 0 Å². The molecule has 1 aromatic carbocycles. The molecule has 0 unspecified atom stereocenters. The van der Waals surface area contributed by atoms with E-state index in [4.69, 9.17) is 11.6 Å². The molecule has 0 aliphatic carbocycles. The fourth-order valence-electron chi connectivity index (χ4n) is 2.41. The second kappa shape index (κ2) is 10.0. The molecule has 1 heterocycles. The van der Waals surface area contributed by atoms with Crippen molar-refractivity contribution in [1.29, 1.82) is 0 Å². The molecule has 0 aliphatic heterocycles. The number of hydrogen-bond acceptors (Lipinski definition) is 3. The lowest BCUT2D eigenvalue weighted by Gasteiger charge is -2.13. The van der Waals surface area contributed by atoms with Crippen molar-refractivity contribution in [2.45, 2.75) is 19.5 Å². The van der Waals surface area contributed by atoms with Crippen LogP contribution in [0.3, 0.4) is 0 Å². The topological polar surface area (TPSA) is 52.6 Å². The first-order valence-corrected chi connectivity index (χ1v) is 8.72. The first kappa shape index (κ1) is 19.2. The highest BCUT2D eigenvalue weighted by Gasteiger charge is 2.01. The third kappa shape index (κ3) is 7.11. The van der Waals surface area contributed by atoms with Crippen LogP contribution in [0.25, 0.3) is 0 Å². The molecular formula is C19H26ClN5. The summed E-state index contributed by atoms with van der Waals surface area (Å²) >= 11 is 5.79. The predicted octanol–water partition coefficient (Wildman–Crippen LogP) is 2.70. The molecule has 0 saturated carbocycles. The van der Waals surface area contributed by atoms with Gasteiger partial charge in [0.05, 0.1) is 0 Å². The fraction of sp³-hybridized carbons (Fsp3) is 0.368. The Labute approximate surface area is 155 Å². The van der Waals surface area contributed by atoms with Gasteiger partial charge in [-0.2, -0.15) is 0 Å². The van der Waals surface area contributed by atoms with Gasteiger partial charge < -0.3 is 15.5 Å². The van der Waals surface area contributed by atoms with Crippen LogP contribution in [0.2, 0.25) is 5.15 Å². The molecule has 0 atom stereocenters. The highest BCUT2D eigenvalue weighted by Crippen LogP contribution is 2.06. The summed E-state index contributed by atoms with van der Waals surface area (Å²) in [5, 5.41) is 7.16. The molecular weight excluding hydrogens is 334 g/mol. The minimum Gasteiger partial charge on any atom is -0.356 e. The van der Waals surface area contributed by atoms with Crippen LogP contribution in [0.5, 0.6) is 0 Å². The summed E-state index contributed by atoms with van der Waals surface area (Å²) in [5.41, 5.74) is 3.68. The second-order valence-electron chi connectivity index (χ2n) is 6.15. The zero-order valence-corrected chi connectivity index (χ0v) is 15.8. The summed E-state index contributed by atoms with van der Waals surface area (Å²) in [6.45, 7) is 2.48. The van der Waals surface area contributed by atoms with Crippen LogP contribution in [0.15, 0.2) is 47.6 Å². The van der Waals surface area contributed by atoms with Gasteiger partial charge in [-0.05, 0) is 43.3 Å². The van der Waals surface area contributed by atoms with Crippen LogP contribution < -0.4 is 10.6 Å². The van der Waals surface area contributed by atoms with E-state index in [1.54, 1.807) is 13.2 Å². The van der Waals surface area contributed by atoms with Crippen LogP contribution in [-0.2, 0) is 19.5 Å². The molecule has 2 aromatic rings. The molecule has 1 aromatic heterocycles. The number of hydrogen-bond donors (Lipinski definition) is 2. The van der Waals surface area contributed by atoms with Crippen molar-refractivity contribution in [2.75, 3.05) is 27.7 Å². The summed E-state index contributed by atoms with van der Waals surface area (Å²) in [7, 11) is 5.93. The lowest BCUT2D eigenvalue weighted by molar-refractivity contribution is 0.402. The number of aromatic nitrogens is 1. The molecule has 0 amide bonds. The molecule has 0 radical (unpaired) electrons. The molecule has 25 heavy (non-hydrogen) atoms. The lowest BCUT2D eigenvalue weighted by Crippen LogP contribution is -2.37. The second-order valence-corrected chi connectivity index (χ2v) is 6.53. The van der Waals surface area contributed by atoms with Gasteiger partial charge in [-0.25, -0.2) is 4.98 Å². The van der Waals surface area contributed by atoms with E-state index in [-0.39, 0.29) is 0 Å². The van der Waals surface area contributed by atoms with Crippen LogP contribution in [-0.4, -0.2) is 43.5 Å². The summed E-state index contributed by atoms with van der Waals surface area (Å²) in [5.74, 6) is 0.791. The average molecular weight is 360 g/mol. The van der Waals surface area contributed by atoms with Gasteiger partial charge in [0.15, 0.2) is 5.96 Å². The maximum atomic E-state index is 5.79. The molecule has 0 aliphatic rings. The van der Waals surface area contributed by atoms with Crippen molar-refractivity contribution in [1.82, 2.24) is 20.5 Å². The number of nitrogens with one attached hydrogen (secondary N) is 2. The Morgan fingerprint density at radius 2 is 1.72 bits per heavy atom. The standard InChI is InChI=1S/C19H26ClN5/c1-21-19(22-11-10-16-8-9-18(20)23-12-16)24-13-15-4-6-17(7-5-15)14-25(2)3/h4-9,12H,10-11,13-14H2,1-3H3,(H2,21,22,24). The Kier molecular flexibility index (Phi) is 7.70. The predicted molar refractivity (Wildman–Crippen MR) is 105 cm³/mol. The largest absolute Gasteiger partial charge is 0.356 e. The number of pyridine rings is 1. The monoisotopic (exact) mass is 359 g/mol. The van der Waals surface area contributed by atoms with Gasteiger partial charge >= 0.3 is 0 Å². The number of halogens is 1. The van der Waals surface area contributed by atoms with E-state index >= 15 is 0 Å². The van der Waals surface area contributed by atoms with Crippen molar-refractivity contribution >= 4 is 17.6 Å². The molecule has 2 rings (SSSR count). The van der Waals surface area contributed by atoms with Crippen LogP contribution in [0.1, 0.15) is 16.7 Å². The highest BCUT2D eigenvalue weighted by molar-refractivity contribution is 6.29. The zero-order chi connectivity index (χ0) is 18.1. The minimum atomic E-state index is 0.519. The van der Waals surface area contributed by atoms with Crippen LogP contribution in [0.4, 0.5) is 0 Å². The first-order chi connectivity index (χ1) is 12.1. The van der Waals surface area contributed by atoms with Crippen molar-refractivity contribution in [3.63, 3.8) is 0 Å². The van der Waals surface area contributed by atoms with E-state index in [1.807, 2.05) is 12.1 Å². The maximum absolute atomic E-state index is 5.79. The van der Waals surface area contributed by atoms with Crippen LogP contribution >= 0.6 is 11.6 Å². The Morgan fingerprint density at radius 3 is 2.32 bits per heavy atom. The van der Waals surface area contributed by atoms with E-state index in [2.05, 4.69) is 63.9 Å². The molecule has 0 spiro atoms. The van der Waals surface area contributed by atoms with E-state index in [0.29, 0.717) is 5.15 Å². The molecule has 134 valence electrons. The smallest absolute Gasteiger partial charge is 0.191 e. The van der Waals surface area contributed by atoms with E-state index in [9.17, 15) is 0 Å². The van der Waals surface area contributed by atoms with Crippen molar-refractivity contribution in [2.24, 2.45) is 4.99 Å². The SMILES string of the molecule is CN=C(NCCc1ccc(Cl)nc1)NCc1ccc(CN(C)C)cc1. The molecule has 6 heteroatoms. The Morgan fingerprint density at radius 1 is 1.04 bits per heavy atom. The number of nitrogens with zero attached hydrogens (tertiary/aromatic N) is 3. The number of benzene rings is 1. The Balaban J connectivity index is 1.75. The van der Waals surface area contributed by atoms with E-state index in [0.717, 1.165) is 37.6 Å². The van der Waals surface area contributed by atoms with Gasteiger partial charge in [-0.1, -0.05) is 41.9 Å². The average Bonchev–Trinajstić information content (AvgIpc) is 2.60. The fourth-order valence-corrected chi connectivity index (χ4v) is 2.53.